The van der Waals surface area contributed by atoms with Crippen molar-refractivity contribution >= 4 is 5.91 Å². The molecule has 0 bridgehead atoms. The van der Waals surface area contributed by atoms with Gasteiger partial charge in [-0.2, -0.15) is 4.98 Å². The third-order valence-corrected chi connectivity index (χ3v) is 5.17. The molecule has 1 unspecified atom stereocenters. The average molecular weight is 431 g/mol. The fourth-order valence-electron chi connectivity index (χ4n) is 3.52. The number of nitrogens with zero attached hydrogens (tertiary/aromatic N) is 6. The van der Waals surface area contributed by atoms with Crippen LogP contribution in [0.25, 0.3) is 17.2 Å². The third kappa shape index (κ3) is 4.21. The van der Waals surface area contributed by atoms with Gasteiger partial charge in [-0.3, -0.25) is 9.36 Å². The summed E-state index contributed by atoms with van der Waals surface area (Å²) in [5, 5.41) is 7.38. The van der Waals surface area contributed by atoms with Crippen LogP contribution in [0, 0.1) is 0 Å². The third-order valence-electron chi connectivity index (χ3n) is 5.17. The highest BCUT2D eigenvalue weighted by atomic mass is 16.5. The number of carbonyl (C=O) groups excluding carboxylic acids is 1. The van der Waals surface area contributed by atoms with Crippen LogP contribution in [0.15, 0.2) is 71.9 Å². The minimum absolute atomic E-state index is 0.0544. The van der Waals surface area contributed by atoms with Crippen molar-refractivity contribution in [1.82, 2.24) is 34.9 Å². The Kier molecular flexibility index (Phi) is 5.58. The molecule has 1 aromatic carbocycles. The molecule has 0 spiro atoms. The zero-order valence-corrected chi connectivity index (χ0v) is 17.2. The predicted molar refractivity (Wildman–Crippen MR) is 114 cm³/mol. The van der Waals surface area contributed by atoms with Crippen LogP contribution < -0.4 is 10.1 Å². The second kappa shape index (κ2) is 8.98. The molecule has 1 N–H and O–H groups in total. The van der Waals surface area contributed by atoms with Crippen LogP contribution in [0.5, 0.6) is 5.75 Å². The Morgan fingerprint density at radius 1 is 1.22 bits per heavy atom. The lowest BCUT2D eigenvalue weighted by molar-refractivity contribution is -0.137. The first-order valence-electron chi connectivity index (χ1n) is 10.2. The van der Waals surface area contributed by atoms with Crippen LogP contribution in [-0.4, -0.2) is 61.7 Å². The number of hydrogen-bond donors (Lipinski definition) is 1. The first-order chi connectivity index (χ1) is 15.8. The van der Waals surface area contributed by atoms with Gasteiger partial charge >= 0.3 is 0 Å². The molecule has 0 aliphatic carbocycles. The minimum Gasteiger partial charge on any atom is -0.484 e. The summed E-state index contributed by atoms with van der Waals surface area (Å²) in [5.74, 6) is 2.05. The summed E-state index contributed by atoms with van der Waals surface area (Å²) in [6.07, 6.45) is 6.87. The van der Waals surface area contributed by atoms with E-state index in [0.29, 0.717) is 37.1 Å². The average Bonchev–Trinajstić information content (AvgIpc) is 3.56. The highest BCUT2D eigenvalue weighted by molar-refractivity contribution is 5.78. The lowest BCUT2D eigenvalue weighted by Crippen LogP contribution is -2.50. The van der Waals surface area contributed by atoms with Crippen molar-refractivity contribution in [3.63, 3.8) is 0 Å². The van der Waals surface area contributed by atoms with Gasteiger partial charge in [0, 0.05) is 43.8 Å². The maximum Gasteiger partial charge on any atom is 0.261 e. The summed E-state index contributed by atoms with van der Waals surface area (Å²) in [6, 6.07) is 12.6. The summed E-state index contributed by atoms with van der Waals surface area (Å²) in [4.78, 5) is 27.5. The number of nitrogens with one attached hydrogen (secondary N) is 1. The zero-order valence-electron chi connectivity index (χ0n) is 17.2. The van der Waals surface area contributed by atoms with Crippen molar-refractivity contribution in [1.29, 1.82) is 0 Å². The minimum atomic E-state index is -0.366. The molecule has 1 aliphatic rings. The number of piperazine rings is 1. The molecule has 1 amide bonds. The Balaban J connectivity index is 1.29. The van der Waals surface area contributed by atoms with Crippen LogP contribution in [0.4, 0.5) is 0 Å². The second-order valence-electron chi connectivity index (χ2n) is 7.24. The SMILES string of the molecule is O=C(COc1ccccc1)N1CCNCC1c1nc(-c2ccc(-n3ccnc3)nc2)no1. The van der Waals surface area contributed by atoms with E-state index in [4.69, 9.17) is 9.26 Å². The van der Waals surface area contributed by atoms with E-state index < -0.39 is 0 Å². The van der Waals surface area contributed by atoms with Gasteiger partial charge in [-0.15, -0.1) is 0 Å². The molecule has 10 heteroatoms. The monoisotopic (exact) mass is 431 g/mol. The van der Waals surface area contributed by atoms with E-state index in [1.807, 2.05) is 48.7 Å². The van der Waals surface area contributed by atoms with Gasteiger partial charge in [-0.05, 0) is 24.3 Å². The molecular weight excluding hydrogens is 410 g/mol. The molecule has 162 valence electrons. The molecule has 1 fully saturated rings. The van der Waals surface area contributed by atoms with Crippen LogP contribution >= 0.6 is 0 Å². The number of pyridine rings is 1. The van der Waals surface area contributed by atoms with Gasteiger partial charge in [0.05, 0.1) is 0 Å². The number of imidazole rings is 1. The topological polar surface area (TPSA) is 111 Å². The Bertz CT molecular complexity index is 1160. The first-order valence-corrected chi connectivity index (χ1v) is 10.2. The highest BCUT2D eigenvalue weighted by Crippen LogP contribution is 2.24. The van der Waals surface area contributed by atoms with Gasteiger partial charge in [-0.25, -0.2) is 9.97 Å². The van der Waals surface area contributed by atoms with Crippen molar-refractivity contribution in [2.75, 3.05) is 26.2 Å². The maximum atomic E-state index is 12.8. The predicted octanol–water partition coefficient (Wildman–Crippen LogP) is 1.87. The number of amides is 1. The van der Waals surface area contributed by atoms with Gasteiger partial charge in [-0.1, -0.05) is 23.4 Å². The molecule has 1 aliphatic heterocycles. The highest BCUT2D eigenvalue weighted by Gasteiger charge is 2.32. The summed E-state index contributed by atoms with van der Waals surface area (Å²) in [5.41, 5.74) is 0.720. The fraction of sp³-hybridized carbons (Fsp3) is 0.227. The number of hydrogen-bond acceptors (Lipinski definition) is 8. The van der Waals surface area contributed by atoms with Crippen molar-refractivity contribution in [2.45, 2.75) is 6.04 Å². The van der Waals surface area contributed by atoms with E-state index in [-0.39, 0.29) is 18.6 Å². The van der Waals surface area contributed by atoms with Crippen LogP contribution in [0.2, 0.25) is 0 Å². The number of ether oxygens (including phenoxy) is 1. The fourth-order valence-corrected chi connectivity index (χ4v) is 3.52. The molecule has 1 atom stereocenters. The van der Waals surface area contributed by atoms with Gasteiger partial charge < -0.3 is 19.5 Å². The zero-order chi connectivity index (χ0) is 21.8. The smallest absolute Gasteiger partial charge is 0.261 e. The Morgan fingerprint density at radius 3 is 2.91 bits per heavy atom. The summed E-state index contributed by atoms with van der Waals surface area (Å²) in [6.45, 7) is 1.69. The van der Waals surface area contributed by atoms with Gasteiger partial charge in [0.15, 0.2) is 6.61 Å². The summed E-state index contributed by atoms with van der Waals surface area (Å²) >= 11 is 0. The van der Waals surface area contributed by atoms with E-state index in [1.54, 1.807) is 28.2 Å². The first kappa shape index (κ1) is 19.9. The summed E-state index contributed by atoms with van der Waals surface area (Å²) in [7, 11) is 0. The van der Waals surface area contributed by atoms with E-state index in [0.717, 1.165) is 11.4 Å². The molecule has 5 rings (SSSR count). The van der Waals surface area contributed by atoms with E-state index in [1.165, 1.54) is 0 Å². The number of aromatic nitrogens is 5. The lowest BCUT2D eigenvalue weighted by atomic mass is 10.2. The quantitative estimate of drug-likeness (QED) is 0.493. The van der Waals surface area contributed by atoms with Crippen LogP contribution in [0.1, 0.15) is 11.9 Å². The molecular formula is C22H21N7O3. The lowest BCUT2D eigenvalue weighted by Gasteiger charge is -2.33. The van der Waals surface area contributed by atoms with Crippen LogP contribution in [-0.2, 0) is 4.79 Å². The number of para-hydroxylation sites is 1. The normalized spacial score (nSPS) is 16.1. The van der Waals surface area contributed by atoms with E-state index >= 15 is 0 Å². The molecule has 0 saturated carbocycles. The summed E-state index contributed by atoms with van der Waals surface area (Å²) < 4.78 is 13.0. The standard InChI is InChI=1S/C22H21N7O3/c30-20(14-31-17-4-2-1-3-5-17)29-11-9-23-13-18(29)22-26-21(27-32-22)16-6-7-19(25-12-16)28-10-8-24-15-28/h1-8,10,12,15,18,23H,9,11,13-14H2. The van der Waals surface area contributed by atoms with Gasteiger partial charge in [0.1, 0.15) is 23.9 Å². The Morgan fingerprint density at radius 2 is 2.12 bits per heavy atom. The molecule has 32 heavy (non-hydrogen) atoms. The molecule has 3 aromatic heterocycles. The Labute approximate surface area is 183 Å². The van der Waals surface area contributed by atoms with E-state index in [9.17, 15) is 4.79 Å². The van der Waals surface area contributed by atoms with Crippen molar-refractivity contribution in [2.24, 2.45) is 0 Å². The number of benzene rings is 1. The number of carbonyl (C=O) groups is 1. The van der Waals surface area contributed by atoms with Gasteiger partial charge in [0.25, 0.3) is 11.8 Å². The maximum absolute atomic E-state index is 12.8. The van der Waals surface area contributed by atoms with Crippen LogP contribution in [0.3, 0.4) is 0 Å². The van der Waals surface area contributed by atoms with Crippen molar-refractivity contribution < 1.29 is 14.1 Å². The second-order valence-corrected chi connectivity index (χ2v) is 7.24. The molecule has 0 radical (unpaired) electrons. The number of rotatable bonds is 6. The Hall–Kier alpha value is -4.05. The van der Waals surface area contributed by atoms with Crippen molar-refractivity contribution in [3.05, 3.63) is 73.3 Å². The van der Waals surface area contributed by atoms with Crippen molar-refractivity contribution in [3.8, 4) is 23.0 Å². The largest absolute Gasteiger partial charge is 0.484 e. The molecule has 4 heterocycles. The molecule has 10 nitrogen and oxygen atoms in total. The van der Waals surface area contributed by atoms with E-state index in [2.05, 4.69) is 25.4 Å². The molecule has 1 saturated heterocycles. The van der Waals surface area contributed by atoms with Gasteiger partial charge in [0.2, 0.25) is 5.82 Å². The molecule has 4 aromatic rings.